The number of para-hydroxylation sites is 1. The van der Waals surface area contributed by atoms with Gasteiger partial charge in [-0.2, -0.15) is 0 Å². The zero-order chi connectivity index (χ0) is 30.9. The molecule has 2 aromatic rings. The molecule has 0 aromatic heterocycles. The van der Waals surface area contributed by atoms with Crippen molar-refractivity contribution in [1.29, 1.82) is 0 Å². The second kappa shape index (κ2) is 11.8. The molecule has 43 heavy (non-hydrogen) atoms. The Morgan fingerprint density at radius 1 is 1.14 bits per heavy atom. The molecular weight excluding hydrogens is 549 g/mol. The molecule has 10 heteroatoms. The minimum Gasteiger partial charge on any atom is -0.338 e. The van der Waals surface area contributed by atoms with Crippen LogP contribution in [-0.2, 0) is 26.2 Å². The van der Waals surface area contributed by atoms with E-state index < -0.39 is 29.4 Å². The highest BCUT2D eigenvalue weighted by molar-refractivity contribution is 6.07. The van der Waals surface area contributed by atoms with Gasteiger partial charge in [0, 0.05) is 44.1 Å². The zero-order valence-electron chi connectivity index (χ0n) is 24.9. The largest absolute Gasteiger partial charge is 0.338 e. The molecular formula is C33H38FN5O4. The van der Waals surface area contributed by atoms with E-state index in [1.807, 2.05) is 45.0 Å². The molecule has 0 aliphatic carbocycles. The number of hydrogen-bond donors (Lipinski definition) is 2. The lowest BCUT2D eigenvalue weighted by atomic mass is 9.80. The Labute approximate surface area is 251 Å². The molecule has 4 atom stereocenters. The molecule has 3 aliphatic heterocycles. The van der Waals surface area contributed by atoms with E-state index in [1.165, 1.54) is 21.9 Å². The van der Waals surface area contributed by atoms with Crippen LogP contribution in [0.2, 0.25) is 0 Å². The van der Waals surface area contributed by atoms with Crippen LogP contribution >= 0.6 is 0 Å². The highest BCUT2D eigenvalue weighted by Gasteiger charge is 2.59. The summed E-state index contributed by atoms with van der Waals surface area (Å²) in [7, 11) is 0. The van der Waals surface area contributed by atoms with Crippen molar-refractivity contribution in [2.45, 2.75) is 70.5 Å². The minimum absolute atomic E-state index is 0.0596. The molecule has 0 saturated carbocycles. The second-order valence-corrected chi connectivity index (χ2v) is 13.1. The molecule has 9 nitrogen and oxygen atoms in total. The van der Waals surface area contributed by atoms with Crippen molar-refractivity contribution in [2.24, 2.45) is 11.3 Å². The highest BCUT2D eigenvalue weighted by atomic mass is 19.1. The number of nitrogens with one attached hydrogen (secondary N) is 2. The summed E-state index contributed by atoms with van der Waals surface area (Å²) in [6, 6.07) is 12.0. The fourth-order valence-electron chi connectivity index (χ4n) is 6.74. The summed E-state index contributed by atoms with van der Waals surface area (Å²) in [5, 5.41) is 5.72. The summed E-state index contributed by atoms with van der Waals surface area (Å²) in [6.07, 6.45) is 0.465. The predicted octanol–water partition coefficient (Wildman–Crippen LogP) is 4.53. The van der Waals surface area contributed by atoms with Crippen LogP contribution in [0, 0.1) is 23.7 Å². The van der Waals surface area contributed by atoms with Crippen molar-refractivity contribution in [3.8, 4) is 0 Å². The Hall–Kier alpha value is -4.26. The number of fused-ring (bicyclic) bond motifs is 2. The van der Waals surface area contributed by atoms with Gasteiger partial charge < -0.3 is 15.5 Å². The van der Waals surface area contributed by atoms with Gasteiger partial charge in [0.2, 0.25) is 11.8 Å². The summed E-state index contributed by atoms with van der Waals surface area (Å²) in [6.45, 7) is 14.8. The number of rotatable bonds is 8. The molecule has 2 saturated heterocycles. The second-order valence-electron chi connectivity index (χ2n) is 13.1. The van der Waals surface area contributed by atoms with Crippen molar-refractivity contribution < 1.29 is 23.6 Å². The molecule has 0 radical (unpaired) electrons. The van der Waals surface area contributed by atoms with Gasteiger partial charge in [0.05, 0.1) is 12.5 Å². The number of likely N-dealkylation sites (tertiary alicyclic amines) is 1. The first-order valence-corrected chi connectivity index (χ1v) is 14.8. The first kappa shape index (κ1) is 30.2. The number of hydrogen-bond acceptors (Lipinski definition) is 4. The van der Waals surface area contributed by atoms with Crippen molar-refractivity contribution in [3.63, 3.8) is 0 Å². The molecule has 1 spiro atoms. The molecule has 226 valence electrons. The van der Waals surface area contributed by atoms with E-state index in [-0.39, 0.29) is 54.9 Å². The summed E-state index contributed by atoms with van der Waals surface area (Å²) in [5.74, 6) is -1.97. The molecule has 2 aromatic carbocycles. The Balaban J connectivity index is 1.43. The monoisotopic (exact) mass is 587 g/mol. The Bertz CT molecular complexity index is 1460. The van der Waals surface area contributed by atoms with E-state index >= 15 is 0 Å². The number of halogens is 1. The topological polar surface area (TPSA) is 103 Å². The van der Waals surface area contributed by atoms with Crippen LogP contribution in [0.4, 0.5) is 14.9 Å². The number of amides is 4. The summed E-state index contributed by atoms with van der Waals surface area (Å²) < 4.78 is 13.6. The van der Waals surface area contributed by atoms with Gasteiger partial charge in [-0.05, 0) is 47.6 Å². The number of urea groups is 1. The van der Waals surface area contributed by atoms with Crippen LogP contribution in [0.1, 0.15) is 57.6 Å². The predicted molar refractivity (Wildman–Crippen MR) is 159 cm³/mol. The number of ketones is 1. The molecule has 3 aliphatic rings. The van der Waals surface area contributed by atoms with Gasteiger partial charge in [0.15, 0.2) is 5.78 Å². The number of anilines is 1. The van der Waals surface area contributed by atoms with Crippen molar-refractivity contribution in [3.05, 3.63) is 76.9 Å². The fourth-order valence-corrected chi connectivity index (χ4v) is 6.74. The summed E-state index contributed by atoms with van der Waals surface area (Å²) in [4.78, 5) is 61.3. The Morgan fingerprint density at radius 3 is 2.53 bits per heavy atom. The maximum Gasteiger partial charge on any atom is 0.318 e. The lowest BCUT2D eigenvalue weighted by Crippen LogP contribution is -2.55. The normalized spacial score (nSPS) is 22.9. The first-order valence-electron chi connectivity index (χ1n) is 14.8. The number of Topliss-reactive ketones (excluding diaryl/α,β-unsaturated/α-hetero) is 1. The van der Waals surface area contributed by atoms with Gasteiger partial charge in [-0.25, -0.2) is 15.8 Å². The highest BCUT2D eigenvalue weighted by Crippen LogP contribution is 2.47. The lowest BCUT2D eigenvalue weighted by molar-refractivity contribution is -0.140. The van der Waals surface area contributed by atoms with Crippen LogP contribution in [0.25, 0.3) is 4.85 Å². The third kappa shape index (κ3) is 6.12. The van der Waals surface area contributed by atoms with Crippen LogP contribution in [0.15, 0.2) is 48.5 Å². The van der Waals surface area contributed by atoms with Crippen molar-refractivity contribution in [2.75, 3.05) is 25.0 Å². The maximum atomic E-state index is 14.3. The average molecular weight is 588 g/mol. The summed E-state index contributed by atoms with van der Waals surface area (Å²) >= 11 is 0. The molecule has 4 amide bonds. The van der Waals surface area contributed by atoms with E-state index in [0.29, 0.717) is 37.2 Å². The van der Waals surface area contributed by atoms with Gasteiger partial charge >= 0.3 is 12.2 Å². The first-order chi connectivity index (χ1) is 20.4. The number of carbonyl (C=O) groups excluding carboxylic acids is 4. The smallest absolute Gasteiger partial charge is 0.318 e. The third-order valence-corrected chi connectivity index (χ3v) is 8.75. The third-order valence-electron chi connectivity index (χ3n) is 8.75. The van der Waals surface area contributed by atoms with Gasteiger partial charge in [-0.3, -0.25) is 24.1 Å². The van der Waals surface area contributed by atoms with Gasteiger partial charge in [-0.15, -0.1) is 0 Å². The quantitative estimate of drug-likeness (QED) is 0.443. The average Bonchev–Trinajstić information content (AvgIpc) is 3.49. The Kier molecular flexibility index (Phi) is 8.28. The molecule has 0 unspecified atom stereocenters. The number of nitrogens with zero attached hydrogens (tertiary/aromatic N) is 3. The standard InChI is InChI=1S/C33H38FN5O4/c1-32(2,3)18-22(17-27(40)26(38-15-7-14-36-31(38)43)16-21-10-12-23(34)13-11-21)29(41)39-20-33(19-28(39)35-4)24-8-5-6-9-25(24)37-30(33)42/h5-6,8-13,22,26,28H,7,14-20H2,1-3H3,(H,36,43)(H,37,42)/t22-,26-,28-,33-/m0/s1. The zero-order valence-corrected chi connectivity index (χ0v) is 24.9. The van der Waals surface area contributed by atoms with E-state index in [9.17, 15) is 23.6 Å². The van der Waals surface area contributed by atoms with E-state index in [2.05, 4.69) is 15.5 Å². The Morgan fingerprint density at radius 2 is 1.86 bits per heavy atom. The molecule has 2 N–H and O–H groups in total. The van der Waals surface area contributed by atoms with E-state index in [0.717, 1.165) is 5.56 Å². The molecule has 2 fully saturated rings. The van der Waals surface area contributed by atoms with Gasteiger partial charge in [0.1, 0.15) is 11.2 Å². The van der Waals surface area contributed by atoms with Crippen LogP contribution < -0.4 is 10.6 Å². The van der Waals surface area contributed by atoms with Crippen LogP contribution in [-0.4, -0.2) is 65.3 Å². The van der Waals surface area contributed by atoms with E-state index in [4.69, 9.17) is 6.57 Å². The van der Waals surface area contributed by atoms with E-state index in [1.54, 1.807) is 12.1 Å². The van der Waals surface area contributed by atoms with Crippen LogP contribution in [0.3, 0.4) is 0 Å². The molecule has 0 bridgehead atoms. The lowest BCUT2D eigenvalue weighted by Gasteiger charge is -2.35. The summed E-state index contributed by atoms with van der Waals surface area (Å²) in [5.41, 5.74) is 0.836. The SMILES string of the molecule is [C-]#[N+][C@@H]1C[C@@]2(CN1C(=O)[C@@H](CC(=O)[C@H](Cc1ccc(F)cc1)N1CCCNC1=O)CC(C)(C)C)C(=O)Nc1ccccc12. The molecule has 5 rings (SSSR count). The van der Waals surface area contributed by atoms with Crippen molar-refractivity contribution in [1.82, 2.24) is 15.1 Å². The number of carbonyl (C=O) groups is 4. The number of benzene rings is 2. The van der Waals surface area contributed by atoms with Crippen LogP contribution in [0.5, 0.6) is 0 Å². The minimum atomic E-state index is -1.02. The van der Waals surface area contributed by atoms with Gasteiger partial charge in [-0.1, -0.05) is 51.1 Å². The van der Waals surface area contributed by atoms with Gasteiger partial charge in [0.25, 0.3) is 0 Å². The molecule has 3 heterocycles. The maximum absolute atomic E-state index is 14.3. The van der Waals surface area contributed by atoms with Crippen molar-refractivity contribution >= 4 is 29.3 Å². The fraction of sp³-hybridized carbons (Fsp3) is 0.485.